The second-order valence-electron chi connectivity index (χ2n) is 3.30. The Morgan fingerprint density at radius 1 is 1.17 bits per heavy atom. The molecular weight excluding hydrogens is 289 g/mol. The molecule has 1 rings (SSSR count). The molecule has 0 bridgehead atoms. The van der Waals surface area contributed by atoms with Crippen molar-refractivity contribution in [1.82, 2.24) is 0 Å². The van der Waals surface area contributed by atoms with Crippen LogP contribution in [0.1, 0.15) is 0 Å². The van der Waals surface area contributed by atoms with Gasteiger partial charge in [0.05, 0.1) is 5.75 Å². The van der Waals surface area contributed by atoms with E-state index in [1.165, 1.54) is 11.8 Å². The van der Waals surface area contributed by atoms with Crippen LogP contribution in [0.2, 0.25) is 0 Å². The summed E-state index contributed by atoms with van der Waals surface area (Å²) in [4.78, 5) is 0.850. The number of halogens is 3. The number of thioether (sulfide) groups is 1. The summed E-state index contributed by atoms with van der Waals surface area (Å²) >= 11 is 1.24. The van der Waals surface area contributed by atoms with Gasteiger partial charge in [-0.3, -0.25) is 4.18 Å². The predicted molar refractivity (Wildman–Crippen MR) is 63.0 cm³/mol. The molecule has 0 radical (unpaired) electrons. The topological polar surface area (TPSA) is 43.4 Å². The average molecular weight is 300 g/mol. The van der Waals surface area contributed by atoms with Gasteiger partial charge in [-0.15, -0.1) is 11.8 Å². The normalized spacial score (nSPS) is 12.6. The summed E-state index contributed by atoms with van der Waals surface area (Å²) in [6, 6.07) is 8.96. The smallest absolute Gasteiger partial charge is 0.260 e. The van der Waals surface area contributed by atoms with Crippen LogP contribution in [0.3, 0.4) is 0 Å². The highest BCUT2D eigenvalue weighted by atomic mass is 32.2. The van der Waals surface area contributed by atoms with Crippen molar-refractivity contribution in [2.75, 3.05) is 18.1 Å². The SMILES string of the molecule is O=S(=O)(CCSc1ccccc1)OCC(F)(F)F. The van der Waals surface area contributed by atoms with E-state index in [-0.39, 0.29) is 5.75 Å². The van der Waals surface area contributed by atoms with Crippen LogP contribution in [0.25, 0.3) is 0 Å². The van der Waals surface area contributed by atoms with E-state index in [1.807, 2.05) is 6.07 Å². The van der Waals surface area contributed by atoms with Crippen LogP contribution in [0.4, 0.5) is 13.2 Å². The molecule has 0 aliphatic heterocycles. The summed E-state index contributed by atoms with van der Waals surface area (Å²) in [5, 5.41) is 0. The molecule has 0 aliphatic rings. The van der Waals surface area contributed by atoms with Crippen molar-refractivity contribution in [3.8, 4) is 0 Å². The predicted octanol–water partition coefficient (Wildman–Crippen LogP) is 2.69. The average Bonchev–Trinajstić information content (AvgIpc) is 2.27. The third kappa shape index (κ3) is 6.87. The molecule has 1 aromatic carbocycles. The Morgan fingerprint density at radius 3 is 2.33 bits per heavy atom. The largest absolute Gasteiger partial charge is 0.413 e. The number of benzene rings is 1. The van der Waals surface area contributed by atoms with E-state index in [9.17, 15) is 21.6 Å². The maximum atomic E-state index is 11.8. The fraction of sp³-hybridized carbons (Fsp3) is 0.400. The van der Waals surface area contributed by atoms with Gasteiger partial charge < -0.3 is 0 Å². The zero-order valence-electron chi connectivity index (χ0n) is 9.18. The first kappa shape index (κ1) is 15.3. The monoisotopic (exact) mass is 300 g/mol. The summed E-state index contributed by atoms with van der Waals surface area (Å²) < 4.78 is 61.5. The van der Waals surface area contributed by atoms with Gasteiger partial charge in [-0.05, 0) is 12.1 Å². The Morgan fingerprint density at radius 2 is 1.78 bits per heavy atom. The number of hydrogen-bond acceptors (Lipinski definition) is 4. The fourth-order valence-corrected chi connectivity index (χ4v) is 3.16. The Balaban J connectivity index is 2.34. The highest BCUT2D eigenvalue weighted by Gasteiger charge is 2.30. The summed E-state index contributed by atoms with van der Waals surface area (Å²) in [6.45, 7) is -1.77. The zero-order valence-corrected chi connectivity index (χ0v) is 10.8. The van der Waals surface area contributed by atoms with E-state index in [4.69, 9.17) is 0 Å². The van der Waals surface area contributed by atoms with Gasteiger partial charge in [-0.25, -0.2) is 0 Å². The van der Waals surface area contributed by atoms with Crippen molar-refractivity contribution in [2.24, 2.45) is 0 Å². The molecule has 0 spiro atoms. The van der Waals surface area contributed by atoms with Crippen LogP contribution in [0.15, 0.2) is 35.2 Å². The Hall–Kier alpha value is -0.730. The van der Waals surface area contributed by atoms with E-state index in [0.29, 0.717) is 0 Å². The van der Waals surface area contributed by atoms with Crippen LogP contribution in [0.5, 0.6) is 0 Å². The lowest BCUT2D eigenvalue weighted by Gasteiger charge is -2.07. The third-order valence-electron chi connectivity index (χ3n) is 1.75. The summed E-state index contributed by atoms with van der Waals surface area (Å²) in [6.07, 6.45) is -4.64. The van der Waals surface area contributed by atoms with Crippen LogP contribution in [0, 0.1) is 0 Å². The number of hydrogen-bond donors (Lipinski definition) is 0. The standard InChI is InChI=1S/C10H11F3O3S2/c11-10(12,13)8-16-18(14,15)7-6-17-9-4-2-1-3-5-9/h1-5H,6-8H2. The Bertz CT molecular complexity index is 457. The van der Waals surface area contributed by atoms with Crippen LogP contribution in [-0.4, -0.2) is 32.7 Å². The van der Waals surface area contributed by atoms with E-state index in [0.717, 1.165) is 4.90 Å². The molecule has 102 valence electrons. The molecule has 0 heterocycles. The van der Waals surface area contributed by atoms with E-state index in [2.05, 4.69) is 4.18 Å². The highest BCUT2D eigenvalue weighted by Crippen LogP contribution is 2.19. The Kier molecular flexibility index (Phi) is 5.48. The first-order valence-corrected chi connectivity index (χ1v) is 7.46. The van der Waals surface area contributed by atoms with Crippen LogP contribution < -0.4 is 0 Å². The maximum absolute atomic E-state index is 11.8. The molecular formula is C10H11F3O3S2. The Labute approximate surface area is 107 Å². The van der Waals surface area contributed by atoms with Crippen molar-refractivity contribution in [3.63, 3.8) is 0 Å². The van der Waals surface area contributed by atoms with Crippen molar-refractivity contribution in [1.29, 1.82) is 0 Å². The molecule has 0 atom stereocenters. The van der Waals surface area contributed by atoms with Gasteiger partial charge in [0.15, 0.2) is 6.61 Å². The fourth-order valence-electron chi connectivity index (χ4n) is 0.994. The quantitative estimate of drug-likeness (QED) is 0.598. The lowest BCUT2D eigenvalue weighted by atomic mass is 10.4. The van der Waals surface area contributed by atoms with Gasteiger partial charge in [0, 0.05) is 10.6 Å². The molecule has 0 amide bonds. The molecule has 0 aromatic heterocycles. The molecule has 0 aliphatic carbocycles. The first-order valence-electron chi connectivity index (χ1n) is 4.90. The van der Waals surface area contributed by atoms with E-state index in [1.54, 1.807) is 24.3 Å². The van der Waals surface area contributed by atoms with Crippen LogP contribution >= 0.6 is 11.8 Å². The molecule has 0 N–H and O–H groups in total. The minimum absolute atomic E-state index is 0.143. The van der Waals surface area contributed by atoms with Gasteiger partial charge in [-0.1, -0.05) is 18.2 Å². The second kappa shape index (κ2) is 6.44. The van der Waals surface area contributed by atoms with Gasteiger partial charge in [0.1, 0.15) is 0 Å². The molecule has 8 heteroatoms. The highest BCUT2D eigenvalue weighted by molar-refractivity contribution is 8.00. The van der Waals surface area contributed by atoms with Gasteiger partial charge >= 0.3 is 6.18 Å². The molecule has 0 unspecified atom stereocenters. The molecule has 1 aromatic rings. The molecule has 18 heavy (non-hydrogen) atoms. The first-order chi connectivity index (χ1) is 8.29. The maximum Gasteiger partial charge on any atom is 0.413 e. The molecule has 0 saturated carbocycles. The minimum atomic E-state index is -4.64. The molecule has 0 saturated heterocycles. The minimum Gasteiger partial charge on any atom is -0.260 e. The summed E-state index contributed by atoms with van der Waals surface area (Å²) in [5.41, 5.74) is 0. The van der Waals surface area contributed by atoms with E-state index < -0.39 is 28.7 Å². The molecule has 3 nitrogen and oxygen atoms in total. The van der Waals surface area contributed by atoms with Crippen molar-refractivity contribution in [2.45, 2.75) is 11.1 Å². The third-order valence-corrected chi connectivity index (χ3v) is 4.20. The van der Waals surface area contributed by atoms with Crippen molar-refractivity contribution >= 4 is 21.9 Å². The van der Waals surface area contributed by atoms with Crippen LogP contribution in [-0.2, 0) is 14.3 Å². The van der Waals surface area contributed by atoms with Gasteiger partial charge in [0.25, 0.3) is 10.1 Å². The van der Waals surface area contributed by atoms with Gasteiger partial charge in [-0.2, -0.15) is 21.6 Å². The zero-order chi connectivity index (χ0) is 13.6. The lowest BCUT2D eigenvalue weighted by molar-refractivity contribution is -0.152. The summed E-state index contributed by atoms with van der Waals surface area (Å²) in [7, 11) is -4.13. The van der Waals surface area contributed by atoms with Crippen molar-refractivity contribution in [3.05, 3.63) is 30.3 Å². The second-order valence-corrected chi connectivity index (χ2v) is 6.23. The lowest BCUT2D eigenvalue weighted by Crippen LogP contribution is -2.22. The van der Waals surface area contributed by atoms with Gasteiger partial charge in [0.2, 0.25) is 0 Å². The van der Waals surface area contributed by atoms with E-state index >= 15 is 0 Å². The molecule has 0 fully saturated rings. The van der Waals surface area contributed by atoms with Crippen molar-refractivity contribution < 1.29 is 25.8 Å². The number of rotatable bonds is 6. The summed E-state index contributed by atoms with van der Waals surface area (Å²) in [5.74, 6) is -0.313. The number of alkyl halides is 3.